The molecule has 2 aromatic heterocycles. The summed E-state index contributed by atoms with van der Waals surface area (Å²) in [5.41, 5.74) is 2.84. The molecule has 0 spiro atoms. The number of halogens is 1. The Hall–Kier alpha value is -1.95. The van der Waals surface area contributed by atoms with Crippen molar-refractivity contribution in [3.8, 4) is 0 Å². The van der Waals surface area contributed by atoms with E-state index in [1.807, 2.05) is 6.92 Å². The highest BCUT2D eigenvalue weighted by atomic mass is 79.9. The maximum Gasteiger partial charge on any atom is 0.272 e. The van der Waals surface area contributed by atoms with Gasteiger partial charge >= 0.3 is 0 Å². The molecule has 6 heteroatoms. The van der Waals surface area contributed by atoms with E-state index < -0.39 is 0 Å². The first kappa shape index (κ1) is 12.5. The summed E-state index contributed by atoms with van der Waals surface area (Å²) < 4.78 is 6.21. The maximum absolute atomic E-state index is 11.6. The molecule has 2 heterocycles. The summed E-state index contributed by atoms with van der Waals surface area (Å²) >= 11 is 3.32. The fourth-order valence-corrected chi connectivity index (χ4v) is 1.57. The van der Waals surface area contributed by atoms with E-state index in [4.69, 9.17) is 4.42 Å². The summed E-state index contributed by atoms with van der Waals surface area (Å²) in [7, 11) is 0. The Morgan fingerprint density at radius 2 is 2.44 bits per heavy atom. The number of hydrogen-bond donors (Lipinski definition) is 1. The molecule has 0 aliphatic carbocycles. The van der Waals surface area contributed by atoms with Gasteiger partial charge in [0.05, 0.1) is 16.3 Å². The molecule has 2 rings (SSSR count). The average molecular weight is 308 g/mol. The molecule has 1 amide bonds. The van der Waals surface area contributed by atoms with Crippen molar-refractivity contribution in [3.05, 3.63) is 52.1 Å². The van der Waals surface area contributed by atoms with Crippen LogP contribution in [0.3, 0.4) is 0 Å². The van der Waals surface area contributed by atoms with Gasteiger partial charge in [0.2, 0.25) is 0 Å². The lowest BCUT2D eigenvalue weighted by Crippen LogP contribution is -2.17. The van der Waals surface area contributed by atoms with Crippen LogP contribution < -0.4 is 5.43 Å². The van der Waals surface area contributed by atoms with Gasteiger partial charge in [-0.2, -0.15) is 5.10 Å². The molecule has 0 radical (unpaired) electrons. The zero-order valence-electron chi connectivity index (χ0n) is 9.55. The van der Waals surface area contributed by atoms with Crippen molar-refractivity contribution in [2.75, 3.05) is 0 Å². The summed E-state index contributed by atoms with van der Waals surface area (Å²) in [6.07, 6.45) is 4.51. The zero-order chi connectivity index (χ0) is 13.0. The van der Waals surface area contributed by atoms with Crippen molar-refractivity contribution in [3.63, 3.8) is 0 Å². The molecule has 0 saturated heterocycles. The smallest absolute Gasteiger partial charge is 0.272 e. The minimum Gasteiger partial charge on any atom is -0.459 e. The molecule has 0 aromatic carbocycles. The topological polar surface area (TPSA) is 67.5 Å². The van der Waals surface area contributed by atoms with Crippen molar-refractivity contribution < 1.29 is 9.21 Å². The Labute approximate surface area is 112 Å². The molecular formula is C12H10BrN3O2. The molecule has 0 unspecified atom stereocenters. The van der Waals surface area contributed by atoms with Gasteiger partial charge in [0.1, 0.15) is 11.5 Å². The molecule has 0 saturated carbocycles. The molecule has 0 bridgehead atoms. The van der Waals surface area contributed by atoms with E-state index in [0.717, 1.165) is 10.2 Å². The minimum absolute atomic E-state index is 0.318. The number of amides is 1. The molecule has 18 heavy (non-hydrogen) atoms. The number of hydrogen-bond acceptors (Lipinski definition) is 4. The van der Waals surface area contributed by atoms with E-state index in [-0.39, 0.29) is 5.91 Å². The van der Waals surface area contributed by atoms with Crippen LogP contribution in [-0.2, 0) is 0 Å². The lowest BCUT2D eigenvalue weighted by atomic mass is 10.3. The fourth-order valence-electron chi connectivity index (χ4n) is 1.26. The first-order valence-electron chi connectivity index (χ1n) is 5.16. The number of rotatable bonds is 3. The maximum atomic E-state index is 11.6. The highest BCUT2D eigenvalue weighted by Crippen LogP contribution is 2.18. The van der Waals surface area contributed by atoms with Crippen molar-refractivity contribution in [1.29, 1.82) is 0 Å². The lowest BCUT2D eigenvalue weighted by molar-refractivity contribution is 0.0955. The molecule has 0 aliphatic rings. The number of aryl methyl sites for hydroxylation is 1. The van der Waals surface area contributed by atoms with Crippen LogP contribution in [0.4, 0.5) is 0 Å². The second kappa shape index (κ2) is 5.59. The SMILES string of the molecule is Cc1oc(/C=N\NC(=O)c2cccnc2)cc1Br. The average Bonchev–Trinajstić information content (AvgIpc) is 2.69. The Morgan fingerprint density at radius 1 is 1.61 bits per heavy atom. The third-order valence-electron chi connectivity index (χ3n) is 2.16. The van der Waals surface area contributed by atoms with Crippen LogP contribution in [0.15, 0.2) is 44.6 Å². The molecular weight excluding hydrogens is 298 g/mol. The molecule has 5 nitrogen and oxygen atoms in total. The second-order valence-electron chi connectivity index (χ2n) is 3.49. The highest BCUT2D eigenvalue weighted by Gasteiger charge is 2.04. The van der Waals surface area contributed by atoms with Gasteiger partial charge in [-0.25, -0.2) is 5.43 Å². The summed E-state index contributed by atoms with van der Waals surface area (Å²) in [4.78, 5) is 15.5. The van der Waals surface area contributed by atoms with Crippen molar-refractivity contribution in [2.45, 2.75) is 6.92 Å². The number of hydrazone groups is 1. The monoisotopic (exact) mass is 307 g/mol. The number of carbonyl (C=O) groups excluding carboxylic acids is 1. The van der Waals surface area contributed by atoms with Crippen molar-refractivity contribution >= 4 is 28.1 Å². The first-order valence-corrected chi connectivity index (χ1v) is 5.95. The summed E-state index contributed by atoms with van der Waals surface area (Å²) in [5.74, 6) is 1.00. The molecule has 0 fully saturated rings. The number of pyridine rings is 1. The molecule has 1 N–H and O–H groups in total. The number of furan rings is 1. The van der Waals surface area contributed by atoms with Gasteiger partial charge in [-0.15, -0.1) is 0 Å². The summed E-state index contributed by atoms with van der Waals surface area (Å²) in [6, 6.07) is 5.12. The van der Waals surface area contributed by atoms with Gasteiger partial charge in [-0.05, 0) is 35.0 Å². The van der Waals surface area contributed by atoms with Crippen LogP contribution in [0.5, 0.6) is 0 Å². The third-order valence-corrected chi connectivity index (χ3v) is 2.95. The predicted molar refractivity (Wildman–Crippen MR) is 70.4 cm³/mol. The first-order chi connectivity index (χ1) is 8.66. The Morgan fingerprint density at radius 3 is 3.06 bits per heavy atom. The quantitative estimate of drug-likeness (QED) is 0.700. The Kier molecular flexibility index (Phi) is 3.88. The normalized spacial score (nSPS) is 10.8. The Balaban J connectivity index is 1.98. The summed E-state index contributed by atoms with van der Waals surface area (Å²) in [6.45, 7) is 1.83. The van der Waals surface area contributed by atoms with E-state index in [0.29, 0.717) is 11.3 Å². The fraction of sp³-hybridized carbons (Fsp3) is 0.0833. The van der Waals surface area contributed by atoms with Gasteiger partial charge < -0.3 is 4.42 Å². The van der Waals surface area contributed by atoms with Gasteiger partial charge in [0, 0.05) is 18.5 Å². The van der Waals surface area contributed by atoms with Crippen LogP contribution in [0.25, 0.3) is 0 Å². The van der Waals surface area contributed by atoms with Gasteiger partial charge in [0.25, 0.3) is 5.91 Å². The van der Waals surface area contributed by atoms with E-state index in [1.54, 1.807) is 24.4 Å². The van der Waals surface area contributed by atoms with E-state index in [2.05, 4.69) is 31.4 Å². The molecule has 0 atom stereocenters. The minimum atomic E-state index is -0.318. The van der Waals surface area contributed by atoms with Gasteiger partial charge in [-0.1, -0.05) is 0 Å². The van der Waals surface area contributed by atoms with Gasteiger partial charge in [-0.3, -0.25) is 9.78 Å². The second-order valence-corrected chi connectivity index (χ2v) is 4.35. The highest BCUT2D eigenvalue weighted by molar-refractivity contribution is 9.10. The number of nitrogens with one attached hydrogen (secondary N) is 1. The number of nitrogens with zero attached hydrogens (tertiary/aromatic N) is 2. The summed E-state index contributed by atoms with van der Waals surface area (Å²) in [5, 5.41) is 3.81. The third kappa shape index (κ3) is 3.04. The standard InChI is InChI=1S/C12H10BrN3O2/c1-8-11(13)5-10(18-8)7-15-16-12(17)9-3-2-4-14-6-9/h2-7H,1H3,(H,16,17)/b15-7-. The molecule has 2 aromatic rings. The molecule has 92 valence electrons. The van der Waals surface area contributed by atoms with Crippen molar-refractivity contribution in [2.24, 2.45) is 5.10 Å². The zero-order valence-corrected chi connectivity index (χ0v) is 11.1. The predicted octanol–water partition coefficient (Wildman–Crippen LogP) is 2.51. The van der Waals surface area contributed by atoms with Crippen molar-refractivity contribution in [1.82, 2.24) is 10.4 Å². The Bertz CT molecular complexity index is 559. The lowest BCUT2D eigenvalue weighted by Gasteiger charge is -1.97. The number of aromatic nitrogens is 1. The van der Waals surface area contributed by atoms with E-state index in [1.165, 1.54) is 12.4 Å². The number of carbonyl (C=O) groups is 1. The van der Waals surface area contributed by atoms with E-state index >= 15 is 0 Å². The largest absolute Gasteiger partial charge is 0.459 e. The van der Waals surface area contributed by atoms with Crippen LogP contribution in [0, 0.1) is 6.92 Å². The molecule has 0 aliphatic heterocycles. The van der Waals surface area contributed by atoms with Crippen LogP contribution >= 0.6 is 15.9 Å². The van der Waals surface area contributed by atoms with E-state index in [9.17, 15) is 4.79 Å². The van der Waals surface area contributed by atoms with Crippen LogP contribution in [-0.4, -0.2) is 17.1 Å². The van der Waals surface area contributed by atoms with Crippen LogP contribution in [0.2, 0.25) is 0 Å². The van der Waals surface area contributed by atoms with Crippen LogP contribution in [0.1, 0.15) is 21.9 Å². The van der Waals surface area contributed by atoms with Gasteiger partial charge in [0.15, 0.2) is 0 Å².